The molecule has 0 aliphatic heterocycles. The number of carboxylic acid groups (broad SMARTS) is 1. The van der Waals surface area contributed by atoms with E-state index in [2.05, 4.69) is 26.3 Å². The van der Waals surface area contributed by atoms with Crippen molar-refractivity contribution in [3.05, 3.63) is 34.1 Å². The summed E-state index contributed by atoms with van der Waals surface area (Å²) in [4.78, 5) is 11.2. The zero-order valence-electron chi connectivity index (χ0n) is 15.4. The van der Waals surface area contributed by atoms with Crippen molar-refractivity contribution in [2.75, 3.05) is 5.73 Å². The van der Waals surface area contributed by atoms with Crippen molar-refractivity contribution in [2.45, 2.75) is 56.0 Å². The molecule has 1 atom stereocenters. The fraction of sp³-hybridized carbons (Fsp3) is 0.412. The number of amides is 1. The van der Waals surface area contributed by atoms with Crippen LogP contribution in [-0.2, 0) is 29.2 Å². The van der Waals surface area contributed by atoms with Gasteiger partial charge in [0.1, 0.15) is 4.90 Å². The van der Waals surface area contributed by atoms with Gasteiger partial charge in [0.05, 0.1) is 22.8 Å². The normalized spacial score (nSPS) is 12.7. The lowest BCUT2D eigenvalue weighted by atomic mass is 10.2. The number of benzene rings is 1. The Kier molecular flexibility index (Phi) is 6.53. The molecule has 148 valence electrons. The van der Waals surface area contributed by atoms with E-state index < -0.39 is 22.0 Å². The third kappa shape index (κ3) is 4.44. The topological polar surface area (TPSA) is 127 Å². The Balaban J connectivity index is 2.57. The number of nitrogens with zero attached hydrogens (tertiary/aromatic N) is 2. The molecule has 0 aliphatic carbocycles. The third-order valence-corrected chi connectivity index (χ3v) is 6.68. The van der Waals surface area contributed by atoms with Crippen molar-refractivity contribution in [3.63, 3.8) is 0 Å². The Labute approximate surface area is 166 Å². The quantitative estimate of drug-likeness (QED) is 0.547. The lowest BCUT2D eigenvalue weighted by molar-refractivity contribution is 0.189. The van der Waals surface area contributed by atoms with Crippen LogP contribution in [0.5, 0.6) is 0 Å². The molecule has 1 aromatic heterocycles. The molecule has 0 aliphatic rings. The van der Waals surface area contributed by atoms with Gasteiger partial charge in [0, 0.05) is 16.2 Å². The Hall–Kier alpha value is -2.07. The summed E-state index contributed by atoms with van der Waals surface area (Å²) in [5.74, 6) is 0. The van der Waals surface area contributed by atoms with Crippen molar-refractivity contribution in [1.82, 2.24) is 15.1 Å². The number of nitrogens with two attached hydrogens (primary N) is 1. The van der Waals surface area contributed by atoms with Gasteiger partial charge in [-0.25, -0.2) is 13.2 Å². The van der Waals surface area contributed by atoms with E-state index in [1.54, 1.807) is 11.6 Å². The van der Waals surface area contributed by atoms with Gasteiger partial charge in [0.25, 0.3) is 0 Å². The summed E-state index contributed by atoms with van der Waals surface area (Å²) in [7, 11) is -3.81. The van der Waals surface area contributed by atoms with Crippen LogP contribution in [0.25, 0.3) is 0 Å². The summed E-state index contributed by atoms with van der Waals surface area (Å²) in [6.45, 7) is 5.62. The molecule has 0 radical (unpaired) electrons. The molecule has 10 heteroatoms. The average Bonchev–Trinajstić information content (AvgIpc) is 2.94. The first-order chi connectivity index (χ1) is 12.6. The van der Waals surface area contributed by atoms with Crippen LogP contribution in [0.2, 0.25) is 0 Å². The van der Waals surface area contributed by atoms with Gasteiger partial charge in [0.15, 0.2) is 0 Å². The summed E-state index contributed by atoms with van der Waals surface area (Å²) >= 11 is 3.27. The molecule has 1 aromatic carbocycles. The maximum Gasteiger partial charge on any atom is 0.404 e. The highest BCUT2D eigenvalue weighted by molar-refractivity contribution is 9.10. The van der Waals surface area contributed by atoms with E-state index in [-0.39, 0.29) is 16.3 Å². The summed E-state index contributed by atoms with van der Waals surface area (Å²) < 4.78 is 28.7. The van der Waals surface area contributed by atoms with Gasteiger partial charge < -0.3 is 16.2 Å². The molecule has 0 spiro atoms. The van der Waals surface area contributed by atoms with E-state index >= 15 is 0 Å². The largest absolute Gasteiger partial charge is 0.465 e. The first-order valence-corrected chi connectivity index (χ1v) is 10.8. The Morgan fingerprint density at radius 1 is 1.37 bits per heavy atom. The Bertz CT molecular complexity index is 956. The molecule has 0 fully saturated rings. The summed E-state index contributed by atoms with van der Waals surface area (Å²) in [6.07, 6.45) is -0.258. The number of aryl methyl sites for hydroxylation is 1. The predicted molar refractivity (Wildman–Crippen MR) is 106 cm³/mol. The van der Waals surface area contributed by atoms with Crippen molar-refractivity contribution in [2.24, 2.45) is 0 Å². The van der Waals surface area contributed by atoms with Crippen LogP contribution in [0.1, 0.15) is 32.2 Å². The van der Waals surface area contributed by atoms with Crippen molar-refractivity contribution < 1.29 is 18.3 Å². The first-order valence-electron chi connectivity index (χ1n) is 8.49. The lowest BCUT2D eigenvalue weighted by Crippen LogP contribution is -2.35. The number of hydrogen-bond acceptors (Lipinski definition) is 5. The SMILES string of the molecule is CCc1nn(C[C@H](C)NC(=O)O)c(CC)c1S(=O)(=O)c1ccc(N)c(Br)c1. The molecule has 1 amide bonds. The summed E-state index contributed by atoms with van der Waals surface area (Å²) in [6, 6.07) is 4.08. The molecular weight excluding hydrogens is 436 g/mol. The van der Waals surface area contributed by atoms with Gasteiger partial charge in [-0.2, -0.15) is 5.10 Å². The highest BCUT2D eigenvalue weighted by Crippen LogP contribution is 2.31. The molecule has 0 saturated carbocycles. The Morgan fingerprint density at radius 3 is 2.56 bits per heavy atom. The third-order valence-electron chi connectivity index (χ3n) is 4.11. The van der Waals surface area contributed by atoms with Crippen LogP contribution in [0.3, 0.4) is 0 Å². The second-order valence-corrected chi connectivity index (χ2v) is 8.89. The zero-order valence-corrected chi connectivity index (χ0v) is 17.8. The van der Waals surface area contributed by atoms with Crippen LogP contribution >= 0.6 is 15.9 Å². The second kappa shape index (κ2) is 8.30. The smallest absolute Gasteiger partial charge is 0.404 e. The van der Waals surface area contributed by atoms with E-state index in [9.17, 15) is 13.2 Å². The number of rotatable bonds is 7. The number of nitrogens with one attached hydrogen (secondary N) is 1. The number of anilines is 1. The number of sulfone groups is 1. The summed E-state index contributed by atoms with van der Waals surface area (Å²) in [5, 5.41) is 15.7. The molecule has 0 bridgehead atoms. The van der Waals surface area contributed by atoms with Gasteiger partial charge in [0.2, 0.25) is 9.84 Å². The van der Waals surface area contributed by atoms with Crippen LogP contribution in [0.15, 0.2) is 32.5 Å². The molecule has 27 heavy (non-hydrogen) atoms. The van der Waals surface area contributed by atoms with Gasteiger partial charge in [-0.05, 0) is 53.9 Å². The minimum Gasteiger partial charge on any atom is -0.465 e. The van der Waals surface area contributed by atoms with Gasteiger partial charge in [-0.3, -0.25) is 4.68 Å². The van der Waals surface area contributed by atoms with Crippen molar-refractivity contribution in [1.29, 1.82) is 0 Å². The highest BCUT2D eigenvalue weighted by atomic mass is 79.9. The monoisotopic (exact) mass is 458 g/mol. The molecule has 4 N–H and O–H groups in total. The fourth-order valence-electron chi connectivity index (χ4n) is 2.88. The van der Waals surface area contributed by atoms with Gasteiger partial charge >= 0.3 is 6.09 Å². The zero-order chi connectivity index (χ0) is 20.4. The van der Waals surface area contributed by atoms with Crippen LogP contribution in [0, 0.1) is 0 Å². The van der Waals surface area contributed by atoms with E-state index in [0.717, 1.165) is 0 Å². The molecule has 0 saturated heterocycles. The van der Waals surface area contributed by atoms with E-state index in [1.165, 1.54) is 18.2 Å². The number of nitrogen functional groups attached to an aromatic ring is 1. The molecule has 1 heterocycles. The number of aromatic nitrogens is 2. The Morgan fingerprint density at radius 2 is 2.04 bits per heavy atom. The molecule has 2 rings (SSSR count). The van der Waals surface area contributed by atoms with E-state index in [4.69, 9.17) is 10.8 Å². The molecule has 8 nitrogen and oxygen atoms in total. The predicted octanol–water partition coefficient (Wildman–Crippen LogP) is 2.84. The van der Waals surface area contributed by atoms with Gasteiger partial charge in [-0.15, -0.1) is 0 Å². The van der Waals surface area contributed by atoms with Crippen LogP contribution in [0.4, 0.5) is 10.5 Å². The lowest BCUT2D eigenvalue weighted by Gasteiger charge is -2.14. The summed E-state index contributed by atoms with van der Waals surface area (Å²) in [5.41, 5.74) is 7.23. The highest BCUT2D eigenvalue weighted by Gasteiger charge is 2.29. The molecule has 2 aromatic rings. The number of hydrogen-bond donors (Lipinski definition) is 3. The second-order valence-electron chi connectivity index (χ2n) is 6.15. The van der Waals surface area contributed by atoms with Crippen molar-refractivity contribution in [3.8, 4) is 0 Å². The molecule has 0 unspecified atom stereocenters. The number of halogens is 1. The fourth-order valence-corrected chi connectivity index (χ4v) is 5.22. The van der Waals surface area contributed by atoms with Crippen molar-refractivity contribution >= 4 is 37.5 Å². The van der Waals surface area contributed by atoms with Gasteiger partial charge in [-0.1, -0.05) is 13.8 Å². The minimum atomic E-state index is -3.81. The van der Waals surface area contributed by atoms with E-state index in [0.29, 0.717) is 34.4 Å². The first kappa shape index (κ1) is 21.2. The molecular formula is C17H23BrN4O4S. The van der Waals surface area contributed by atoms with E-state index in [1.807, 2.05) is 13.8 Å². The van der Waals surface area contributed by atoms with Crippen LogP contribution in [-0.4, -0.2) is 35.4 Å². The minimum absolute atomic E-state index is 0.129. The number of carbonyl (C=O) groups is 1. The average molecular weight is 459 g/mol. The standard InChI is InChI=1S/C17H23BrN4O4S/c1-4-14-16(27(25,26)11-6-7-13(19)12(18)8-11)15(5-2)22(21-14)9-10(3)20-17(23)24/h6-8,10,20H,4-5,9,19H2,1-3H3,(H,23,24)/t10-/m0/s1. The maximum absolute atomic E-state index is 13.3. The maximum atomic E-state index is 13.3. The van der Waals surface area contributed by atoms with Crippen LogP contribution < -0.4 is 11.1 Å².